The van der Waals surface area contributed by atoms with Crippen LogP contribution in [-0.2, 0) is 0 Å². The SMILES string of the molecule is CCC=C1CC(COc2ccc3c(sc4c(F)c(OCC)ccc43)c2F)C1. The Morgan fingerprint density at radius 2 is 1.56 bits per heavy atom. The van der Waals surface area contributed by atoms with E-state index < -0.39 is 11.6 Å². The van der Waals surface area contributed by atoms with Gasteiger partial charge in [0.1, 0.15) is 0 Å². The molecule has 2 nitrogen and oxygen atoms in total. The van der Waals surface area contributed by atoms with Crippen molar-refractivity contribution >= 4 is 31.5 Å². The van der Waals surface area contributed by atoms with E-state index in [4.69, 9.17) is 9.47 Å². The molecule has 0 radical (unpaired) electrons. The van der Waals surface area contributed by atoms with Crippen molar-refractivity contribution in [2.45, 2.75) is 33.1 Å². The highest BCUT2D eigenvalue weighted by Gasteiger charge is 2.24. The summed E-state index contributed by atoms with van der Waals surface area (Å²) >= 11 is 1.11. The number of benzene rings is 2. The number of ether oxygens (including phenoxy) is 2. The minimum absolute atomic E-state index is 0.203. The molecule has 0 spiro atoms. The maximum atomic E-state index is 15.0. The Hall–Kier alpha value is -2.14. The van der Waals surface area contributed by atoms with Gasteiger partial charge in [-0.05, 0) is 50.5 Å². The Morgan fingerprint density at radius 3 is 2.11 bits per heavy atom. The van der Waals surface area contributed by atoms with E-state index in [-0.39, 0.29) is 11.5 Å². The van der Waals surface area contributed by atoms with Gasteiger partial charge in [-0.2, -0.15) is 0 Å². The third kappa shape index (κ3) is 3.29. The van der Waals surface area contributed by atoms with Gasteiger partial charge in [0.05, 0.1) is 22.6 Å². The molecule has 4 rings (SSSR count). The molecular formula is C22H22F2O2S. The average molecular weight is 388 g/mol. The van der Waals surface area contributed by atoms with Crippen molar-refractivity contribution in [3.63, 3.8) is 0 Å². The van der Waals surface area contributed by atoms with Crippen LogP contribution in [0.5, 0.6) is 11.5 Å². The first-order valence-corrected chi connectivity index (χ1v) is 10.2. The van der Waals surface area contributed by atoms with E-state index in [1.165, 1.54) is 5.57 Å². The summed E-state index contributed by atoms with van der Waals surface area (Å²) in [4.78, 5) is 0. The molecule has 3 aromatic rings. The van der Waals surface area contributed by atoms with Gasteiger partial charge in [0.25, 0.3) is 0 Å². The smallest absolute Gasteiger partial charge is 0.182 e. The van der Waals surface area contributed by atoms with Gasteiger partial charge in [-0.15, -0.1) is 11.3 Å². The maximum absolute atomic E-state index is 15.0. The normalized spacial score (nSPS) is 16.6. The zero-order valence-electron chi connectivity index (χ0n) is 15.5. The number of halogens is 2. The van der Waals surface area contributed by atoms with Crippen molar-refractivity contribution in [1.29, 1.82) is 0 Å². The van der Waals surface area contributed by atoms with Crippen molar-refractivity contribution in [3.8, 4) is 11.5 Å². The molecule has 0 aliphatic heterocycles. The zero-order chi connectivity index (χ0) is 19.0. The van der Waals surface area contributed by atoms with E-state index in [2.05, 4.69) is 13.0 Å². The van der Waals surface area contributed by atoms with Gasteiger partial charge in [0.2, 0.25) is 0 Å². The highest BCUT2D eigenvalue weighted by Crippen LogP contribution is 2.42. The second-order valence-corrected chi connectivity index (χ2v) is 7.92. The molecule has 1 aromatic heterocycles. The summed E-state index contributed by atoms with van der Waals surface area (Å²) in [5.41, 5.74) is 1.46. The third-order valence-corrected chi connectivity index (χ3v) is 6.19. The minimum atomic E-state index is -0.429. The van der Waals surface area contributed by atoms with Gasteiger partial charge in [-0.25, -0.2) is 8.78 Å². The molecule has 1 saturated carbocycles. The van der Waals surface area contributed by atoms with Crippen LogP contribution in [0.2, 0.25) is 0 Å². The van der Waals surface area contributed by atoms with E-state index in [9.17, 15) is 8.78 Å². The van der Waals surface area contributed by atoms with Crippen LogP contribution in [0.15, 0.2) is 35.9 Å². The summed E-state index contributed by atoms with van der Waals surface area (Å²) < 4.78 is 41.5. The zero-order valence-corrected chi connectivity index (χ0v) is 16.3. The van der Waals surface area contributed by atoms with Crippen molar-refractivity contribution in [3.05, 3.63) is 47.5 Å². The summed E-state index contributed by atoms with van der Waals surface area (Å²) in [6.45, 7) is 4.83. The topological polar surface area (TPSA) is 18.5 Å². The summed E-state index contributed by atoms with van der Waals surface area (Å²) in [7, 11) is 0. The maximum Gasteiger partial charge on any atom is 0.182 e. The van der Waals surface area contributed by atoms with Crippen molar-refractivity contribution in [1.82, 2.24) is 0 Å². The highest BCUT2D eigenvalue weighted by molar-refractivity contribution is 7.25. The van der Waals surface area contributed by atoms with Crippen LogP contribution in [0.4, 0.5) is 8.78 Å². The number of thiophene rings is 1. The van der Waals surface area contributed by atoms with E-state index in [1.54, 1.807) is 25.1 Å². The Kier molecular flexibility index (Phi) is 5.04. The lowest BCUT2D eigenvalue weighted by atomic mass is 9.80. The summed E-state index contributed by atoms with van der Waals surface area (Å²) in [6.07, 6.45) is 5.38. The lowest BCUT2D eigenvalue weighted by Crippen LogP contribution is -2.22. The molecule has 0 atom stereocenters. The van der Waals surface area contributed by atoms with Gasteiger partial charge in [0.15, 0.2) is 23.1 Å². The number of rotatable bonds is 6. The first-order chi connectivity index (χ1) is 13.1. The molecule has 0 saturated heterocycles. The molecule has 1 heterocycles. The van der Waals surface area contributed by atoms with Crippen LogP contribution in [0, 0.1) is 17.6 Å². The van der Waals surface area contributed by atoms with Crippen molar-refractivity contribution in [2.75, 3.05) is 13.2 Å². The molecule has 5 heteroatoms. The lowest BCUT2D eigenvalue weighted by molar-refractivity contribution is 0.211. The predicted molar refractivity (Wildman–Crippen MR) is 107 cm³/mol. The van der Waals surface area contributed by atoms with E-state index >= 15 is 0 Å². The largest absolute Gasteiger partial charge is 0.491 e. The molecule has 0 N–H and O–H groups in total. The molecule has 0 unspecified atom stereocenters. The Labute approximate surface area is 161 Å². The summed E-state index contributed by atoms with van der Waals surface area (Å²) in [5.74, 6) is 0.0603. The Balaban J connectivity index is 1.61. The van der Waals surface area contributed by atoms with Gasteiger partial charge in [-0.3, -0.25) is 0 Å². The van der Waals surface area contributed by atoms with Crippen molar-refractivity contribution in [2.24, 2.45) is 5.92 Å². The quantitative estimate of drug-likeness (QED) is 0.430. The standard InChI is InChI=1S/C22H22F2O2S/c1-3-5-13-10-14(11-13)12-26-18-9-7-16-15-6-8-17(25-4-2)19(23)21(15)27-22(16)20(18)24/h5-9,14H,3-4,10-12H2,1-2H3. The first-order valence-electron chi connectivity index (χ1n) is 9.39. The van der Waals surface area contributed by atoms with Crippen LogP contribution in [0.25, 0.3) is 20.2 Å². The molecule has 0 amide bonds. The molecule has 0 bridgehead atoms. The first kappa shape index (κ1) is 18.2. The molecule has 1 aliphatic carbocycles. The van der Waals surface area contributed by atoms with Crippen LogP contribution < -0.4 is 9.47 Å². The number of hydrogen-bond acceptors (Lipinski definition) is 3. The fraction of sp³-hybridized carbons (Fsp3) is 0.364. The van der Waals surface area contributed by atoms with Crippen LogP contribution in [0.1, 0.15) is 33.1 Å². The Morgan fingerprint density at radius 1 is 0.963 bits per heavy atom. The monoisotopic (exact) mass is 388 g/mol. The van der Waals surface area contributed by atoms with E-state index in [1.807, 2.05) is 6.07 Å². The lowest BCUT2D eigenvalue weighted by Gasteiger charge is -2.29. The molecule has 2 aromatic carbocycles. The van der Waals surface area contributed by atoms with Gasteiger partial charge in [-0.1, -0.05) is 18.6 Å². The van der Waals surface area contributed by atoms with E-state index in [0.29, 0.717) is 39.3 Å². The van der Waals surface area contributed by atoms with Crippen LogP contribution >= 0.6 is 11.3 Å². The number of hydrogen-bond donors (Lipinski definition) is 0. The Bertz CT molecular complexity index is 1010. The molecular weight excluding hydrogens is 366 g/mol. The predicted octanol–water partition coefficient (Wildman–Crippen LogP) is 6.86. The minimum Gasteiger partial charge on any atom is -0.491 e. The number of allylic oxidation sites excluding steroid dienone is 2. The second-order valence-electron chi connectivity index (χ2n) is 6.90. The van der Waals surface area contributed by atoms with Gasteiger partial charge >= 0.3 is 0 Å². The fourth-order valence-corrected chi connectivity index (χ4v) is 4.80. The van der Waals surface area contributed by atoms with Gasteiger partial charge in [0, 0.05) is 16.7 Å². The van der Waals surface area contributed by atoms with Crippen molar-refractivity contribution < 1.29 is 18.3 Å². The molecule has 142 valence electrons. The number of fused-ring (bicyclic) bond motifs is 3. The van der Waals surface area contributed by atoms with E-state index in [0.717, 1.165) is 30.6 Å². The second kappa shape index (κ2) is 7.47. The molecule has 27 heavy (non-hydrogen) atoms. The third-order valence-electron chi connectivity index (χ3n) is 4.99. The highest BCUT2D eigenvalue weighted by atomic mass is 32.1. The fourth-order valence-electron chi connectivity index (χ4n) is 3.64. The van der Waals surface area contributed by atoms with Gasteiger partial charge < -0.3 is 9.47 Å². The van der Waals surface area contributed by atoms with Crippen LogP contribution in [0.3, 0.4) is 0 Å². The molecule has 1 fully saturated rings. The molecule has 1 aliphatic rings. The summed E-state index contributed by atoms with van der Waals surface area (Å²) in [6, 6.07) is 6.86. The average Bonchev–Trinajstić information content (AvgIpc) is 3.01. The van der Waals surface area contributed by atoms with Crippen LogP contribution in [-0.4, -0.2) is 13.2 Å². The summed E-state index contributed by atoms with van der Waals surface area (Å²) in [5, 5.41) is 1.41.